The van der Waals surface area contributed by atoms with Crippen LogP contribution < -0.4 is 4.90 Å². The fraction of sp³-hybridized carbons (Fsp3) is 0.583. The van der Waals surface area contributed by atoms with Crippen LogP contribution in [0.3, 0.4) is 0 Å². The van der Waals surface area contributed by atoms with Crippen molar-refractivity contribution in [2.75, 3.05) is 24.6 Å². The molecule has 0 N–H and O–H groups in total. The van der Waals surface area contributed by atoms with Gasteiger partial charge in [-0.2, -0.15) is 0 Å². The Morgan fingerprint density at radius 1 is 1.47 bits per heavy atom. The topological polar surface area (TPSA) is 55.3 Å². The average Bonchev–Trinajstić information content (AvgIpc) is 2.42. The molecule has 2 rings (SSSR count). The number of hydrogen-bond donors (Lipinski definition) is 0. The fourth-order valence-electron chi connectivity index (χ4n) is 2.13. The predicted molar refractivity (Wildman–Crippen MR) is 73.6 cm³/mol. The molecule has 0 saturated carbocycles. The Balaban J connectivity index is 2.00. The van der Waals surface area contributed by atoms with E-state index in [1.165, 1.54) is 6.20 Å². The third-order valence-electron chi connectivity index (χ3n) is 3.10. The molecule has 0 unspecified atom stereocenters. The molecule has 7 heteroatoms. The molecule has 0 bridgehead atoms. The zero-order valence-electron chi connectivity index (χ0n) is 10.6. The van der Waals surface area contributed by atoms with Crippen LogP contribution in [0.25, 0.3) is 0 Å². The molecule has 1 aliphatic heterocycles. The van der Waals surface area contributed by atoms with Gasteiger partial charge in [-0.05, 0) is 19.8 Å². The average molecular weight is 304 g/mol. The van der Waals surface area contributed by atoms with Crippen LogP contribution in [0.2, 0.25) is 10.3 Å². The van der Waals surface area contributed by atoms with Gasteiger partial charge >= 0.3 is 5.97 Å². The van der Waals surface area contributed by atoms with Gasteiger partial charge in [0.25, 0.3) is 0 Å². The first kappa shape index (κ1) is 14.3. The molecule has 1 aliphatic rings. The van der Waals surface area contributed by atoms with Gasteiger partial charge in [0.1, 0.15) is 5.15 Å². The van der Waals surface area contributed by atoms with Crippen LogP contribution in [0.1, 0.15) is 19.8 Å². The van der Waals surface area contributed by atoms with E-state index in [0.29, 0.717) is 35.8 Å². The number of aromatic nitrogens is 2. The fourth-order valence-corrected chi connectivity index (χ4v) is 2.47. The highest BCUT2D eigenvalue weighted by Crippen LogP contribution is 2.27. The number of ether oxygens (including phenoxy) is 1. The van der Waals surface area contributed by atoms with E-state index < -0.39 is 0 Å². The van der Waals surface area contributed by atoms with Crippen molar-refractivity contribution in [2.45, 2.75) is 19.8 Å². The SMILES string of the molecule is CCOC(=O)C1CCN(c2nc(Cl)cnc2Cl)CC1. The van der Waals surface area contributed by atoms with Crippen LogP contribution in [-0.2, 0) is 9.53 Å². The van der Waals surface area contributed by atoms with Crippen LogP contribution in [0, 0.1) is 5.92 Å². The van der Waals surface area contributed by atoms with Gasteiger partial charge in [-0.15, -0.1) is 0 Å². The number of nitrogens with zero attached hydrogens (tertiary/aromatic N) is 3. The first-order chi connectivity index (χ1) is 9.11. The van der Waals surface area contributed by atoms with Crippen LogP contribution in [0.4, 0.5) is 5.82 Å². The van der Waals surface area contributed by atoms with Crippen molar-refractivity contribution < 1.29 is 9.53 Å². The third kappa shape index (κ3) is 3.48. The summed E-state index contributed by atoms with van der Waals surface area (Å²) in [5.74, 6) is 0.420. The Labute approximate surface area is 121 Å². The van der Waals surface area contributed by atoms with E-state index in [2.05, 4.69) is 9.97 Å². The Kier molecular flexibility index (Phi) is 4.82. The number of anilines is 1. The Morgan fingerprint density at radius 3 is 2.79 bits per heavy atom. The maximum absolute atomic E-state index is 11.6. The number of carbonyl (C=O) groups excluding carboxylic acids is 1. The van der Waals surface area contributed by atoms with Crippen LogP contribution >= 0.6 is 23.2 Å². The smallest absolute Gasteiger partial charge is 0.309 e. The third-order valence-corrected chi connectivity index (χ3v) is 3.54. The quantitative estimate of drug-likeness (QED) is 0.803. The van der Waals surface area contributed by atoms with Crippen LogP contribution in [0.15, 0.2) is 6.20 Å². The summed E-state index contributed by atoms with van der Waals surface area (Å²) in [6, 6.07) is 0. The highest BCUT2D eigenvalue weighted by atomic mass is 35.5. The van der Waals surface area contributed by atoms with Crippen molar-refractivity contribution in [3.05, 3.63) is 16.5 Å². The number of carbonyl (C=O) groups is 1. The van der Waals surface area contributed by atoms with Gasteiger partial charge in [0, 0.05) is 13.1 Å². The predicted octanol–water partition coefficient (Wildman–Crippen LogP) is 2.56. The molecule has 104 valence electrons. The van der Waals surface area contributed by atoms with Gasteiger partial charge in [0.15, 0.2) is 11.0 Å². The minimum absolute atomic E-state index is 0.0397. The van der Waals surface area contributed by atoms with E-state index in [4.69, 9.17) is 27.9 Å². The molecule has 1 aromatic rings. The van der Waals surface area contributed by atoms with E-state index in [0.717, 1.165) is 12.8 Å². The summed E-state index contributed by atoms with van der Waals surface area (Å²) in [5, 5.41) is 0.644. The number of hydrogen-bond acceptors (Lipinski definition) is 5. The molecule has 1 saturated heterocycles. The van der Waals surface area contributed by atoms with Gasteiger partial charge in [0.05, 0.1) is 18.7 Å². The van der Waals surface area contributed by atoms with Gasteiger partial charge in [-0.3, -0.25) is 4.79 Å². The first-order valence-corrected chi connectivity index (χ1v) is 6.97. The van der Waals surface area contributed by atoms with E-state index in [-0.39, 0.29) is 11.9 Å². The summed E-state index contributed by atoms with van der Waals surface area (Å²) in [6.45, 7) is 3.62. The molecule has 1 aromatic heterocycles. The Morgan fingerprint density at radius 2 is 2.16 bits per heavy atom. The maximum Gasteiger partial charge on any atom is 0.309 e. The summed E-state index contributed by atoms with van der Waals surface area (Å²) >= 11 is 11.8. The molecular weight excluding hydrogens is 289 g/mol. The number of piperidine rings is 1. The normalized spacial score (nSPS) is 16.5. The van der Waals surface area contributed by atoms with E-state index in [1.54, 1.807) is 0 Å². The van der Waals surface area contributed by atoms with Gasteiger partial charge in [-0.25, -0.2) is 9.97 Å². The standard InChI is InChI=1S/C12H15Cl2N3O2/c1-2-19-12(18)8-3-5-17(6-4-8)11-10(14)15-7-9(13)16-11/h7-8H,2-6H2,1H3. The van der Waals surface area contributed by atoms with Gasteiger partial charge in [0.2, 0.25) is 0 Å². The monoisotopic (exact) mass is 303 g/mol. The highest BCUT2D eigenvalue weighted by Gasteiger charge is 2.27. The molecule has 2 heterocycles. The lowest BCUT2D eigenvalue weighted by Gasteiger charge is -2.31. The second-order valence-electron chi connectivity index (χ2n) is 4.32. The van der Waals surface area contributed by atoms with E-state index in [9.17, 15) is 4.79 Å². The van der Waals surface area contributed by atoms with E-state index >= 15 is 0 Å². The lowest BCUT2D eigenvalue weighted by atomic mass is 9.97. The number of rotatable bonds is 3. The zero-order valence-corrected chi connectivity index (χ0v) is 12.1. The van der Waals surface area contributed by atoms with E-state index in [1.807, 2.05) is 11.8 Å². The molecule has 5 nitrogen and oxygen atoms in total. The van der Waals surface area contributed by atoms with Crippen molar-refractivity contribution in [2.24, 2.45) is 5.92 Å². The van der Waals surface area contributed by atoms with Crippen molar-refractivity contribution in [1.82, 2.24) is 9.97 Å². The summed E-state index contributed by atoms with van der Waals surface area (Å²) in [4.78, 5) is 21.8. The zero-order chi connectivity index (χ0) is 13.8. The van der Waals surface area contributed by atoms with Crippen LogP contribution in [-0.4, -0.2) is 35.6 Å². The lowest BCUT2D eigenvalue weighted by Crippen LogP contribution is -2.37. The van der Waals surface area contributed by atoms with Crippen molar-refractivity contribution >= 4 is 35.0 Å². The molecule has 0 atom stereocenters. The van der Waals surface area contributed by atoms with Crippen LogP contribution in [0.5, 0.6) is 0 Å². The number of halogens is 2. The second kappa shape index (κ2) is 6.39. The van der Waals surface area contributed by atoms with Crippen molar-refractivity contribution in [3.8, 4) is 0 Å². The minimum atomic E-state index is -0.120. The largest absolute Gasteiger partial charge is 0.466 e. The maximum atomic E-state index is 11.6. The summed E-state index contributed by atoms with van der Waals surface area (Å²) in [7, 11) is 0. The Hall–Kier alpha value is -1.07. The minimum Gasteiger partial charge on any atom is -0.466 e. The molecule has 0 radical (unpaired) electrons. The van der Waals surface area contributed by atoms with Crippen molar-refractivity contribution in [1.29, 1.82) is 0 Å². The molecule has 1 fully saturated rings. The summed E-state index contributed by atoms with van der Waals surface area (Å²) in [5.41, 5.74) is 0. The number of esters is 1. The lowest BCUT2D eigenvalue weighted by molar-refractivity contribution is -0.148. The Bertz CT molecular complexity index is 462. The molecule has 0 aromatic carbocycles. The van der Waals surface area contributed by atoms with Gasteiger partial charge in [-0.1, -0.05) is 23.2 Å². The molecule has 0 aliphatic carbocycles. The molecular formula is C12H15Cl2N3O2. The second-order valence-corrected chi connectivity index (χ2v) is 5.07. The summed E-state index contributed by atoms with van der Waals surface area (Å²) in [6.07, 6.45) is 2.87. The molecule has 19 heavy (non-hydrogen) atoms. The molecule has 0 amide bonds. The summed E-state index contributed by atoms with van der Waals surface area (Å²) < 4.78 is 5.03. The molecule has 0 spiro atoms. The highest BCUT2D eigenvalue weighted by molar-refractivity contribution is 6.33. The first-order valence-electron chi connectivity index (χ1n) is 6.21. The van der Waals surface area contributed by atoms with Gasteiger partial charge < -0.3 is 9.64 Å². The van der Waals surface area contributed by atoms with Crippen molar-refractivity contribution in [3.63, 3.8) is 0 Å².